The van der Waals surface area contributed by atoms with Crippen LogP contribution in [0.1, 0.15) is 306 Å². The largest absolute Gasteiger partial charge is 0.472 e. The van der Waals surface area contributed by atoms with Gasteiger partial charge in [0.2, 0.25) is 0 Å². The molecule has 0 fully saturated rings. The Kier molecular flexibility index (Phi) is 53.0. The number of rotatable bonds is 61. The molecule has 0 aromatic heterocycles. The number of carbonyl (C=O) groups is 4. The molecule has 83 heavy (non-hydrogen) atoms. The molecule has 17 nitrogen and oxygen atoms in total. The van der Waals surface area contributed by atoms with E-state index in [-0.39, 0.29) is 25.7 Å². The van der Waals surface area contributed by atoms with E-state index < -0.39 is 97.5 Å². The highest BCUT2D eigenvalue weighted by Crippen LogP contribution is 2.45. The van der Waals surface area contributed by atoms with Gasteiger partial charge in [0, 0.05) is 25.7 Å². The van der Waals surface area contributed by atoms with Crippen molar-refractivity contribution in [1.29, 1.82) is 0 Å². The van der Waals surface area contributed by atoms with Crippen molar-refractivity contribution < 1.29 is 80.2 Å². The van der Waals surface area contributed by atoms with E-state index in [1.807, 2.05) is 0 Å². The summed E-state index contributed by atoms with van der Waals surface area (Å²) in [6, 6.07) is 0. The maximum atomic E-state index is 13.0. The van der Waals surface area contributed by atoms with E-state index in [1.54, 1.807) is 0 Å². The molecule has 0 rings (SSSR count). The third kappa shape index (κ3) is 58.8. The molecule has 0 saturated heterocycles. The van der Waals surface area contributed by atoms with E-state index >= 15 is 0 Å². The molecular weight excluding hydrogens is 1100 g/mol. The van der Waals surface area contributed by atoms with Gasteiger partial charge >= 0.3 is 39.5 Å². The average Bonchev–Trinajstić information content (AvgIpc) is 3.42. The molecule has 0 aliphatic heterocycles. The van der Waals surface area contributed by atoms with Gasteiger partial charge in [-0.15, -0.1) is 0 Å². The SMILES string of the molecule is CC(C)CCCCCCCCCCCCCC(=O)OC[C@H](COP(=O)(O)OCC(O)COP(=O)(O)OC[C@@H](COC(=O)CCCCCCCCCC(C)C)OC(=O)CCCCCCCCCC(C)C)OC(=O)CCCCCCCCC(C)C. The molecule has 0 saturated carbocycles. The van der Waals surface area contributed by atoms with Crippen molar-refractivity contribution in [1.82, 2.24) is 0 Å². The summed E-state index contributed by atoms with van der Waals surface area (Å²) < 4.78 is 67.9. The molecule has 0 amide bonds. The highest BCUT2D eigenvalue weighted by molar-refractivity contribution is 7.47. The number of unbranched alkanes of at least 4 members (excludes halogenated alkanes) is 27. The maximum Gasteiger partial charge on any atom is 0.472 e. The van der Waals surface area contributed by atoms with E-state index in [2.05, 4.69) is 55.4 Å². The fourth-order valence-electron chi connectivity index (χ4n) is 9.43. The van der Waals surface area contributed by atoms with Crippen LogP contribution in [-0.2, 0) is 65.4 Å². The molecule has 0 aliphatic rings. The van der Waals surface area contributed by atoms with E-state index in [9.17, 15) is 43.2 Å². The zero-order valence-corrected chi connectivity index (χ0v) is 55.6. The summed E-state index contributed by atoms with van der Waals surface area (Å²) in [6.07, 6.45) is 33.8. The van der Waals surface area contributed by atoms with Gasteiger partial charge in [0.25, 0.3) is 0 Å². The van der Waals surface area contributed by atoms with Gasteiger partial charge in [-0.25, -0.2) is 9.13 Å². The number of hydrogen-bond acceptors (Lipinski definition) is 15. The van der Waals surface area contributed by atoms with Crippen LogP contribution in [0.2, 0.25) is 0 Å². The quantitative estimate of drug-likeness (QED) is 0.0222. The Morgan fingerprint density at radius 3 is 0.747 bits per heavy atom. The molecule has 19 heteroatoms. The lowest BCUT2D eigenvalue weighted by atomic mass is 10.0. The predicted octanol–water partition coefficient (Wildman–Crippen LogP) is 17.4. The molecule has 0 aliphatic carbocycles. The Morgan fingerprint density at radius 1 is 0.301 bits per heavy atom. The zero-order chi connectivity index (χ0) is 61.8. The minimum absolute atomic E-state index is 0.101. The Balaban J connectivity index is 5.22. The molecule has 0 heterocycles. The second-order valence-corrected chi connectivity index (χ2v) is 28.0. The smallest absolute Gasteiger partial charge is 0.462 e. The van der Waals surface area contributed by atoms with Crippen LogP contribution in [0.3, 0.4) is 0 Å². The minimum atomic E-state index is -4.94. The number of esters is 4. The molecule has 3 unspecified atom stereocenters. The third-order valence-corrected chi connectivity index (χ3v) is 16.5. The van der Waals surface area contributed by atoms with Gasteiger partial charge in [0.1, 0.15) is 19.3 Å². The van der Waals surface area contributed by atoms with Gasteiger partial charge in [0.15, 0.2) is 12.2 Å². The number of aliphatic hydroxyl groups is 1. The topological polar surface area (TPSA) is 237 Å². The fourth-order valence-corrected chi connectivity index (χ4v) is 11.0. The number of phosphoric ester groups is 2. The first kappa shape index (κ1) is 81.1. The van der Waals surface area contributed by atoms with Crippen molar-refractivity contribution in [2.24, 2.45) is 23.7 Å². The first-order valence-corrected chi connectivity index (χ1v) is 36.2. The molecule has 0 bridgehead atoms. The van der Waals surface area contributed by atoms with Crippen LogP contribution >= 0.6 is 15.6 Å². The molecular formula is C64H124O17P2. The average molecular weight is 1230 g/mol. The van der Waals surface area contributed by atoms with Crippen LogP contribution in [0.25, 0.3) is 0 Å². The van der Waals surface area contributed by atoms with Gasteiger partial charge in [0.05, 0.1) is 26.4 Å². The summed E-state index contributed by atoms with van der Waals surface area (Å²) in [4.78, 5) is 72.1. The van der Waals surface area contributed by atoms with Crippen molar-refractivity contribution in [3.05, 3.63) is 0 Å². The molecule has 0 radical (unpaired) electrons. The van der Waals surface area contributed by atoms with E-state index in [1.165, 1.54) is 103 Å². The van der Waals surface area contributed by atoms with Crippen molar-refractivity contribution in [3.63, 3.8) is 0 Å². The van der Waals surface area contributed by atoms with Crippen LogP contribution < -0.4 is 0 Å². The van der Waals surface area contributed by atoms with E-state index in [0.29, 0.717) is 43.4 Å². The van der Waals surface area contributed by atoms with Crippen LogP contribution in [0.15, 0.2) is 0 Å². The first-order valence-electron chi connectivity index (χ1n) is 33.2. The molecule has 0 spiro atoms. The van der Waals surface area contributed by atoms with Crippen LogP contribution in [-0.4, -0.2) is 96.7 Å². The maximum absolute atomic E-state index is 13.0. The lowest BCUT2D eigenvalue weighted by Gasteiger charge is -2.21. The molecule has 5 atom stereocenters. The lowest BCUT2D eigenvalue weighted by molar-refractivity contribution is -0.161. The van der Waals surface area contributed by atoms with Gasteiger partial charge in [-0.3, -0.25) is 37.3 Å². The molecule has 492 valence electrons. The third-order valence-electron chi connectivity index (χ3n) is 14.6. The van der Waals surface area contributed by atoms with Crippen LogP contribution in [0, 0.1) is 23.7 Å². The highest BCUT2D eigenvalue weighted by atomic mass is 31.2. The summed E-state index contributed by atoms with van der Waals surface area (Å²) in [5, 5.41) is 10.5. The number of aliphatic hydroxyl groups excluding tert-OH is 1. The monoisotopic (exact) mass is 1230 g/mol. The van der Waals surface area contributed by atoms with E-state index in [0.717, 1.165) is 102 Å². The lowest BCUT2D eigenvalue weighted by Crippen LogP contribution is -2.30. The first-order chi connectivity index (χ1) is 39.6. The molecule has 3 N–H and O–H groups in total. The second kappa shape index (κ2) is 54.2. The summed E-state index contributed by atoms with van der Waals surface area (Å²) in [5.41, 5.74) is 0. The summed E-state index contributed by atoms with van der Waals surface area (Å²) in [5.74, 6) is 0.697. The zero-order valence-electron chi connectivity index (χ0n) is 53.8. The van der Waals surface area contributed by atoms with Crippen molar-refractivity contribution in [3.8, 4) is 0 Å². The van der Waals surface area contributed by atoms with Gasteiger partial charge < -0.3 is 33.8 Å². The Labute approximate surface area is 505 Å². The van der Waals surface area contributed by atoms with Crippen molar-refractivity contribution in [2.75, 3.05) is 39.6 Å². The van der Waals surface area contributed by atoms with Crippen LogP contribution in [0.4, 0.5) is 0 Å². The van der Waals surface area contributed by atoms with Gasteiger partial charge in [-0.1, -0.05) is 254 Å². The Bertz CT molecular complexity index is 1660. The van der Waals surface area contributed by atoms with Crippen LogP contribution in [0.5, 0.6) is 0 Å². The Morgan fingerprint density at radius 2 is 0.506 bits per heavy atom. The van der Waals surface area contributed by atoms with Crippen molar-refractivity contribution in [2.45, 2.75) is 324 Å². The fraction of sp³-hybridized carbons (Fsp3) is 0.938. The standard InChI is InChI=1S/C64H124O17P2/c1-54(2)40-32-24-16-12-10-9-11-13-19-28-36-44-61(66)74-51-60(81-64(69)47-39-31-23-22-27-35-43-57(7)8)53-79-83(72,73)77-49-58(65)48-76-82(70,71)78-52-59(80-63(68)46-38-30-21-15-18-26-34-42-56(5)6)50-75-62(67)45-37-29-20-14-17-25-33-41-55(3)4/h54-60,65H,9-53H2,1-8H3,(H,70,71)(H,72,73)/t58?,59-,60-/m1/s1. The normalized spacial score (nSPS) is 14.4. The second-order valence-electron chi connectivity index (χ2n) is 25.1. The molecule has 0 aromatic carbocycles. The summed E-state index contributed by atoms with van der Waals surface area (Å²) >= 11 is 0. The van der Waals surface area contributed by atoms with E-state index in [4.69, 9.17) is 37.0 Å². The van der Waals surface area contributed by atoms with Gasteiger partial charge in [-0.05, 0) is 49.4 Å². The highest BCUT2D eigenvalue weighted by Gasteiger charge is 2.30. The van der Waals surface area contributed by atoms with Gasteiger partial charge in [-0.2, -0.15) is 0 Å². The number of phosphoric acid groups is 2. The number of hydrogen-bond donors (Lipinski definition) is 3. The van der Waals surface area contributed by atoms with Crippen molar-refractivity contribution >= 4 is 39.5 Å². The molecule has 0 aromatic rings. The summed E-state index contributed by atoms with van der Waals surface area (Å²) in [7, 11) is -9.89. The summed E-state index contributed by atoms with van der Waals surface area (Å²) in [6.45, 7) is 13.9. The number of ether oxygens (including phenoxy) is 4. The number of carbonyl (C=O) groups excluding carboxylic acids is 4. The Hall–Kier alpha value is -1.94. The minimum Gasteiger partial charge on any atom is -0.462 e. The predicted molar refractivity (Wildman–Crippen MR) is 331 cm³/mol.